The first kappa shape index (κ1) is 12.4. The quantitative estimate of drug-likeness (QED) is 0.600. The summed E-state index contributed by atoms with van der Waals surface area (Å²) >= 11 is 6.09. The van der Waals surface area contributed by atoms with Crippen LogP contribution in [0, 0.1) is 16.0 Å². The second kappa shape index (κ2) is 4.64. The summed E-state index contributed by atoms with van der Waals surface area (Å²) in [5.74, 6) is 0.571. The van der Waals surface area contributed by atoms with E-state index in [0.717, 1.165) is 19.3 Å². The largest absolute Gasteiger partial charge is 0.329 e. The van der Waals surface area contributed by atoms with Crippen LogP contribution >= 0.6 is 11.6 Å². The van der Waals surface area contributed by atoms with Gasteiger partial charge in [0.2, 0.25) is 5.15 Å². The molecule has 0 spiro atoms. The minimum Gasteiger partial charge on any atom is -0.258 e. The third-order valence-corrected chi connectivity index (χ3v) is 3.61. The number of halogens is 1. The second-order valence-electron chi connectivity index (χ2n) is 4.62. The molecule has 0 radical (unpaired) electrons. The Morgan fingerprint density at radius 2 is 2.29 bits per heavy atom. The molecular weight excluding hydrogens is 242 g/mol. The van der Waals surface area contributed by atoms with Crippen molar-refractivity contribution >= 4 is 17.3 Å². The van der Waals surface area contributed by atoms with Gasteiger partial charge in [-0.2, -0.15) is 5.10 Å². The van der Waals surface area contributed by atoms with Gasteiger partial charge >= 0.3 is 5.69 Å². The standard InChI is InChI=1S/C11H16ClN3O2/c1-3-4-9-10(15(16)17)11(12)14(13-9)7(2)8-5-6-8/h7-8H,3-6H2,1-2H3. The lowest BCUT2D eigenvalue weighted by atomic mass is 10.2. The molecule has 0 aliphatic heterocycles. The Bertz CT molecular complexity index is 440. The van der Waals surface area contributed by atoms with Crippen molar-refractivity contribution in [3.05, 3.63) is 21.0 Å². The molecule has 5 nitrogen and oxygen atoms in total. The fourth-order valence-corrected chi connectivity index (χ4v) is 2.45. The normalized spacial score (nSPS) is 17.1. The SMILES string of the molecule is CCCc1nn(C(C)C2CC2)c(Cl)c1[N+](=O)[O-]. The predicted octanol–water partition coefficient (Wildman–Crippen LogP) is 3.37. The molecule has 0 bridgehead atoms. The third-order valence-electron chi connectivity index (χ3n) is 3.26. The molecule has 0 aromatic carbocycles. The van der Waals surface area contributed by atoms with E-state index in [4.69, 9.17) is 11.6 Å². The minimum absolute atomic E-state index is 0.0129. The molecule has 0 N–H and O–H groups in total. The van der Waals surface area contributed by atoms with Crippen molar-refractivity contribution < 1.29 is 4.92 Å². The van der Waals surface area contributed by atoms with Gasteiger partial charge in [0, 0.05) is 0 Å². The highest BCUT2D eigenvalue weighted by Crippen LogP contribution is 2.42. The van der Waals surface area contributed by atoms with Gasteiger partial charge in [-0.25, -0.2) is 4.68 Å². The van der Waals surface area contributed by atoms with Crippen LogP contribution in [0.15, 0.2) is 0 Å². The predicted molar refractivity (Wildman–Crippen MR) is 65.3 cm³/mol. The first-order valence-electron chi connectivity index (χ1n) is 5.97. The molecule has 2 rings (SSSR count). The molecule has 1 aliphatic rings. The zero-order chi connectivity index (χ0) is 12.6. The molecule has 1 aliphatic carbocycles. The van der Waals surface area contributed by atoms with Crippen LogP contribution in [0.3, 0.4) is 0 Å². The van der Waals surface area contributed by atoms with E-state index in [1.807, 2.05) is 13.8 Å². The molecule has 0 amide bonds. The average molecular weight is 258 g/mol. The highest BCUT2D eigenvalue weighted by molar-refractivity contribution is 6.31. The lowest BCUT2D eigenvalue weighted by molar-refractivity contribution is -0.385. The maximum atomic E-state index is 11.0. The number of nitro groups is 1. The number of aryl methyl sites for hydroxylation is 1. The summed E-state index contributed by atoms with van der Waals surface area (Å²) in [4.78, 5) is 10.6. The van der Waals surface area contributed by atoms with E-state index in [0.29, 0.717) is 18.0 Å². The van der Waals surface area contributed by atoms with E-state index in [2.05, 4.69) is 5.10 Å². The Morgan fingerprint density at radius 1 is 1.65 bits per heavy atom. The zero-order valence-electron chi connectivity index (χ0n) is 10.0. The van der Waals surface area contributed by atoms with Gasteiger partial charge in [-0.1, -0.05) is 24.9 Å². The zero-order valence-corrected chi connectivity index (χ0v) is 10.8. The molecule has 1 aromatic heterocycles. The van der Waals surface area contributed by atoms with Crippen molar-refractivity contribution in [2.24, 2.45) is 5.92 Å². The first-order chi connectivity index (χ1) is 8.06. The van der Waals surface area contributed by atoms with E-state index in [1.165, 1.54) is 0 Å². The van der Waals surface area contributed by atoms with Crippen molar-refractivity contribution in [1.82, 2.24) is 9.78 Å². The van der Waals surface area contributed by atoms with E-state index in [9.17, 15) is 10.1 Å². The summed E-state index contributed by atoms with van der Waals surface area (Å²) in [7, 11) is 0. The van der Waals surface area contributed by atoms with E-state index in [1.54, 1.807) is 4.68 Å². The van der Waals surface area contributed by atoms with Crippen LogP contribution in [-0.4, -0.2) is 14.7 Å². The number of hydrogen-bond donors (Lipinski definition) is 0. The van der Waals surface area contributed by atoms with Crippen LogP contribution in [0.4, 0.5) is 5.69 Å². The van der Waals surface area contributed by atoms with Crippen LogP contribution in [0.5, 0.6) is 0 Å². The first-order valence-corrected chi connectivity index (χ1v) is 6.35. The lowest BCUT2D eigenvalue weighted by Gasteiger charge is -2.10. The summed E-state index contributed by atoms with van der Waals surface area (Å²) in [6, 6.07) is 0.159. The van der Waals surface area contributed by atoms with Gasteiger partial charge in [0.25, 0.3) is 0 Å². The summed E-state index contributed by atoms with van der Waals surface area (Å²) in [5, 5.41) is 15.5. The summed E-state index contributed by atoms with van der Waals surface area (Å²) in [6.07, 6.45) is 3.74. The molecule has 1 aromatic rings. The summed E-state index contributed by atoms with van der Waals surface area (Å²) < 4.78 is 1.63. The van der Waals surface area contributed by atoms with Crippen LogP contribution < -0.4 is 0 Å². The molecule has 17 heavy (non-hydrogen) atoms. The molecule has 1 unspecified atom stereocenters. The number of hydrogen-bond acceptors (Lipinski definition) is 3. The van der Waals surface area contributed by atoms with Gasteiger partial charge in [0.15, 0.2) is 0 Å². The molecule has 1 atom stereocenters. The molecule has 1 heterocycles. The van der Waals surface area contributed by atoms with Crippen LogP contribution in [-0.2, 0) is 6.42 Å². The summed E-state index contributed by atoms with van der Waals surface area (Å²) in [5.41, 5.74) is 0.496. The number of aromatic nitrogens is 2. The van der Waals surface area contributed by atoms with Gasteiger partial charge in [-0.15, -0.1) is 0 Å². The summed E-state index contributed by atoms with van der Waals surface area (Å²) in [6.45, 7) is 4.00. The molecule has 94 valence electrons. The molecule has 1 saturated carbocycles. The van der Waals surface area contributed by atoms with Crippen molar-refractivity contribution in [2.75, 3.05) is 0 Å². The van der Waals surface area contributed by atoms with Crippen molar-refractivity contribution in [1.29, 1.82) is 0 Å². The Morgan fingerprint density at radius 3 is 2.76 bits per heavy atom. The second-order valence-corrected chi connectivity index (χ2v) is 4.97. The number of rotatable bonds is 5. The topological polar surface area (TPSA) is 61.0 Å². The van der Waals surface area contributed by atoms with E-state index < -0.39 is 4.92 Å². The van der Waals surface area contributed by atoms with Crippen LogP contribution in [0.1, 0.15) is 44.8 Å². The third kappa shape index (κ3) is 2.29. The Labute approximate surface area is 105 Å². The number of nitrogens with zero attached hydrogens (tertiary/aromatic N) is 3. The fraction of sp³-hybridized carbons (Fsp3) is 0.727. The van der Waals surface area contributed by atoms with E-state index >= 15 is 0 Å². The van der Waals surface area contributed by atoms with Crippen molar-refractivity contribution in [3.8, 4) is 0 Å². The monoisotopic (exact) mass is 257 g/mol. The highest BCUT2D eigenvalue weighted by atomic mass is 35.5. The van der Waals surface area contributed by atoms with Crippen molar-refractivity contribution in [3.63, 3.8) is 0 Å². The molecule has 1 fully saturated rings. The Balaban J connectivity index is 2.39. The van der Waals surface area contributed by atoms with Gasteiger partial charge in [-0.05, 0) is 32.1 Å². The van der Waals surface area contributed by atoms with Gasteiger partial charge < -0.3 is 0 Å². The highest BCUT2D eigenvalue weighted by Gasteiger charge is 2.34. The van der Waals surface area contributed by atoms with Crippen LogP contribution in [0.2, 0.25) is 5.15 Å². The smallest absolute Gasteiger partial charge is 0.258 e. The van der Waals surface area contributed by atoms with Crippen molar-refractivity contribution in [2.45, 2.75) is 45.6 Å². The maximum absolute atomic E-state index is 11.0. The van der Waals surface area contributed by atoms with Crippen LogP contribution in [0.25, 0.3) is 0 Å². The minimum atomic E-state index is -0.420. The van der Waals surface area contributed by atoms with Gasteiger partial charge in [0.05, 0.1) is 11.0 Å². The molecular formula is C11H16ClN3O2. The van der Waals surface area contributed by atoms with E-state index in [-0.39, 0.29) is 16.9 Å². The maximum Gasteiger partial charge on any atom is 0.329 e. The van der Waals surface area contributed by atoms with Gasteiger partial charge in [0.1, 0.15) is 5.69 Å². The molecule has 6 heteroatoms. The Kier molecular flexibility index (Phi) is 3.38. The molecule has 0 saturated heterocycles. The fourth-order valence-electron chi connectivity index (χ4n) is 2.08. The average Bonchev–Trinajstić information content (AvgIpc) is 3.03. The van der Waals surface area contributed by atoms with Gasteiger partial charge in [-0.3, -0.25) is 10.1 Å². The lowest BCUT2D eigenvalue weighted by Crippen LogP contribution is -2.09. The Hall–Kier alpha value is -1.10.